The van der Waals surface area contributed by atoms with E-state index in [9.17, 15) is 8.42 Å². The topological polar surface area (TPSA) is 71.1 Å². The van der Waals surface area contributed by atoms with E-state index in [-0.39, 0.29) is 11.4 Å². The van der Waals surface area contributed by atoms with Gasteiger partial charge in [0.2, 0.25) is 10.0 Å². The number of aromatic nitrogens is 1. The van der Waals surface area contributed by atoms with Crippen LogP contribution in [0.25, 0.3) is 0 Å². The number of hydrogen-bond donors (Lipinski definition) is 2. The predicted octanol–water partition coefficient (Wildman–Crippen LogP) is 2.95. The third-order valence-electron chi connectivity index (χ3n) is 2.62. The summed E-state index contributed by atoms with van der Waals surface area (Å²) >= 11 is 6.20. The van der Waals surface area contributed by atoms with Crippen molar-refractivity contribution >= 4 is 48.6 Å². The Balaban J connectivity index is 2.05. The molecule has 21 heavy (non-hydrogen) atoms. The summed E-state index contributed by atoms with van der Waals surface area (Å²) < 4.78 is 27.8. The number of halogens is 1. The van der Waals surface area contributed by atoms with Gasteiger partial charge in [0.1, 0.15) is 9.90 Å². The van der Waals surface area contributed by atoms with E-state index < -0.39 is 10.0 Å². The molecule has 2 rings (SSSR count). The Morgan fingerprint density at radius 3 is 2.86 bits per heavy atom. The van der Waals surface area contributed by atoms with Crippen LogP contribution in [-0.4, -0.2) is 19.9 Å². The van der Waals surface area contributed by atoms with E-state index in [1.807, 2.05) is 5.38 Å². The van der Waals surface area contributed by atoms with Gasteiger partial charge in [-0.3, -0.25) is 0 Å². The van der Waals surface area contributed by atoms with Crippen LogP contribution in [0.4, 0.5) is 0 Å². The predicted molar refractivity (Wildman–Crippen MR) is 90.2 cm³/mol. The SMILES string of the molecule is CCCNCc1cc(S(=O)(=O)NCc2nccs2)c(Br)s1. The van der Waals surface area contributed by atoms with Crippen molar-refractivity contribution in [2.24, 2.45) is 0 Å². The lowest BCUT2D eigenvalue weighted by Crippen LogP contribution is -2.23. The van der Waals surface area contributed by atoms with Crippen LogP contribution in [-0.2, 0) is 23.1 Å². The standard InChI is InChI=1S/C12H16BrN3O2S3/c1-2-3-14-7-9-6-10(12(13)20-9)21(17,18)16-8-11-15-4-5-19-11/h4-6,14,16H,2-3,7-8H2,1H3. The van der Waals surface area contributed by atoms with E-state index in [0.717, 1.165) is 22.9 Å². The van der Waals surface area contributed by atoms with Crippen LogP contribution in [0.2, 0.25) is 0 Å². The van der Waals surface area contributed by atoms with E-state index in [4.69, 9.17) is 0 Å². The zero-order valence-corrected chi connectivity index (χ0v) is 15.5. The maximum Gasteiger partial charge on any atom is 0.242 e. The van der Waals surface area contributed by atoms with Gasteiger partial charge in [0.15, 0.2) is 0 Å². The minimum Gasteiger partial charge on any atom is -0.312 e. The smallest absolute Gasteiger partial charge is 0.242 e. The van der Waals surface area contributed by atoms with Crippen molar-refractivity contribution in [2.75, 3.05) is 6.54 Å². The summed E-state index contributed by atoms with van der Waals surface area (Å²) in [6, 6.07) is 1.71. The van der Waals surface area contributed by atoms with Crippen molar-refractivity contribution in [3.05, 3.63) is 31.3 Å². The van der Waals surface area contributed by atoms with Crippen molar-refractivity contribution < 1.29 is 8.42 Å². The molecule has 0 aliphatic heterocycles. The summed E-state index contributed by atoms with van der Waals surface area (Å²) in [4.78, 5) is 5.34. The molecular weight excluding hydrogens is 394 g/mol. The van der Waals surface area contributed by atoms with Gasteiger partial charge < -0.3 is 5.32 Å². The number of rotatable bonds is 8. The molecule has 2 N–H and O–H groups in total. The van der Waals surface area contributed by atoms with Gasteiger partial charge in [-0.15, -0.1) is 22.7 Å². The largest absolute Gasteiger partial charge is 0.312 e. The minimum atomic E-state index is -3.52. The lowest BCUT2D eigenvalue weighted by molar-refractivity contribution is 0.581. The van der Waals surface area contributed by atoms with E-state index >= 15 is 0 Å². The Hall–Kier alpha value is -0.320. The second kappa shape index (κ2) is 7.80. The average molecular weight is 410 g/mol. The molecule has 0 spiro atoms. The molecule has 0 aliphatic rings. The maximum atomic E-state index is 12.3. The van der Waals surface area contributed by atoms with Crippen LogP contribution in [0, 0.1) is 0 Å². The molecule has 0 saturated heterocycles. The van der Waals surface area contributed by atoms with Crippen molar-refractivity contribution in [3.63, 3.8) is 0 Å². The van der Waals surface area contributed by atoms with Gasteiger partial charge in [-0.1, -0.05) is 6.92 Å². The van der Waals surface area contributed by atoms with Crippen LogP contribution in [0.3, 0.4) is 0 Å². The molecule has 2 heterocycles. The highest BCUT2D eigenvalue weighted by molar-refractivity contribution is 9.11. The molecule has 2 aromatic heterocycles. The Kier molecular flexibility index (Phi) is 6.33. The van der Waals surface area contributed by atoms with Gasteiger partial charge in [-0.25, -0.2) is 18.1 Å². The maximum absolute atomic E-state index is 12.3. The number of hydrogen-bond acceptors (Lipinski definition) is 6. The quantitative estimate of drug-likeness (QED) is 0.657. The molecule has 9 heteroatoms. The summed E-state index contributed by atoms with van der Waals surface area (Å²) in [6.45, 7) is 3.90. The molecule has 0 atom stereocenters. The third-order valence-corrected chi connectivity index (χ3v) is 7.05. The molecule has 0 saturated carbocycles. The second-order valence-electron chi connectivity index (χ2n) is 4.28. The van der Waals surface area contributed by atoms with Gasteiger partial charge in [0.05, 0.1) is 10.3 Å². The first-order valence-electron chi connectivity index (χ1n) is 6.40. The van der Waals surface area contributed by atoms with Crippen molar-refractivity contribution in [1.29, 1.82) is 0 Å². The fourth-order valence-corrected chi connectivity index (χ4v) is 5.92. The number of nitrogens with one attached hydrogen (secondary N) is 2. The number of thiazole rings is 1. The highest BCUT2D eigenvalue weighted by atomic mass is 79.9. The number of thiophene rings is 1. The highest BCUT2D eigenvalue weighted by Crippen LogP contribution is 2.31. The molecule has 0 bridgehead atoms. The van der Waals surface area contributed by atoms with E-state index in [1.165, 1.54) is 22.7 Å². The van der Waals surface area contributed by atoms with Gasteiger partial charge >= 0.3 is 0 Å². The lowest BCUT2D eigenvalue weighted by Gasteiger charge is -2.03. The molecule has 0 aromatic carbocycles. The van der Waals surface area contributed by atoms with Crippen molar-refractivity contribution in [3.8, 4) is 0 Å². The minimum absolute atomic E-state index is 0.214. The summed E-state index contributed by atoms with van der Waals surface area (Å²) in [5, 5.41) is 5.83. The summed E-state index contributed by atoms with van der Waals surface area (Å²) in [7, 11) is -3.52. The van der Waals surface area contributed by atoms with Crippen LogP contribution >= 0.6 is 38.6 Å². The molecule has 2 aromatic rings. The van der Waals surface area contributed by atoms with Gasteiger partial charge in [-0.2, -0.15) is 0 Å². The van der Waals surface area contributed by atoms with Crippen LogP contribution in [0.5, 0.6) is 0 Å². The van der Waals surface area contributed by atoms with Crippen molar-refractivity contribution in [1.82, 2.24) is 15.0 Å². The molecular formula is C12H16BrN3O2S3. The number of nitrogens with zero attached hydrogens (tertiary/aromatic N) is 1. The molecule has 0 fully saturated rings. The molecule has 5 nitrogen and oxygen atoms in total. The molecule has 116 valence electrons. The van der Waals surface area contributed by atoms with Gasteiger partial charge in [0, 0.05) is 23.0 Å². The zero-order valence-electron chi connectivity index (χ0n) is 11.4. The monoisotopic (exact) mass is 409 g/mol. The number of sulfonamides is 1. The Bertz CT molecular complexity index is 668. The first-order valence-corrected chi connectivity index (χ1v) is 10.4. The third kappa shape index (κ3) is 4.83. The Morgan fingerprint density at radius 2 is 2.19 bits per heavy atom. The van der Waals surface area contributed by atoms with Crippen LogP contribution in [0.15, 0.2) is 26.3 Å². The molecule has 0 amide bonds. The Labute approximate surface area is 141 Å². The van der Waals surface area contributed by atoms with E-state index in [1.54, 1.807) is 12.3 Å². The second-order valence-corrected chi connectivity index (χ2v) is 9.45. The summed E-state index contributed by atoms with van der Waals surface area (Å²) in [6.07, 6.45) is 2.71. The highest BCUT2D eigenvalue weighted by Gasteiger charge is 2.20. The fraction of sp³-hybridized carbons (Fsp3) is 0.417. The van der Waals surface area contributed by atoms with Crippen molar-refractivity contribution in [2.45, 2.75) is 31.3 Å². The fourth-order valence-electron chi connectivity index (χ4n) is 1.63. The molecule has 0 radical (unpaired) electrons. The van der Waals surface area contributed by atoms with Gasteiger partial charge in [0.25, 0.3) is 0 Å². The first-order chi connectivity index (χ1) is 10.0. The molecule has 0 aliphatic carbocycles. The lowest BCUT2D eigenvalue weighted by atomic mass is 10.4. The Morgan fingerprint density at radius 1 is 1.38 bits per heavy atom. The van der Waals surface area contributed by atoms with Crippen LogP contribution in [0.1, 0.15) is 23.2 Å². The zero-order chi connectivity index (χ0) is 15.3. The first kappa shape index (κ1) is 17.0. The summed E-state index contributed by atoms with van der Waals surface area (Å²) in [5.74, 6) is 0. The molecule has 0 unspecified atom stereocenters. The summed E-state index contributed by atoms with van der Waals surface area (Å²) in [5.41, 5.74) is 0. The van der Waals surface area contributed by atoms with E-state index in [0.29, 0.717) is 10.3 Å². The average Bonchev–Trinajstić information content (AvgIpc) is 3.07. The van der Waals surface area contributed by atoms with Gasteiger partial charge in [-0.05, 0) is 35.0 Å². The normalized spacial score (nSPS) is 11.9. The van der Waals surface area contributed by atoms with E-state index in [2.05, 4.69) is 37.9 Å². The van der Waals surface area contributed by atoms with Crippen LogP contribution < -0.4 is 10.0 Å².